The summed E-state index contributed by atoms with van der Waals surface area (Å²) in [5.74, 6) is 0.161. The Kier molecular flexibility index (Phi) is 2.45. The molecular weight excluding hydrogens is 246 g/mol. The molecular formula is C10H6BrNO2. The molecule has 0 aliphatic carbocycles. The molecule has 0 amide bonds. The molecule has 0 aromatic carbocycles. The van der Waals surface area contributed by atoms with Gasteiger partial charge in [-0.05, 0) is 34.1 Å². The molecule has 3 nitrogen and oxygen atoms in total. The van der Waals surface area contributed by atoms with Crippen LogP contribution in [-0.4, -0.2) is 10.8 Å². The predicted octanol–water partition coefficient (Wildman–Crippen LogP) is 2.67. The second-order valence-corrected chi connectivity index (χ2v) is 3.61. The molecule has 2 aromatic heterocycles. The van der Waals surface area contributed by atoms with Gasteiger partial charge in [0.15, 0.2) is 5.76 Å². The van der Waals surface area contributed by atoms with E-state index < -0.39 is 0 Å². The molecule has 0 spiro atoms. The Bertz CT molecular complexity index is 451. The Hall–Kier alpha value is -1.42. The molecule has 0 N–H and O–H groups in total. The van der Waals surface area contributed by atoms with E-state index in [0.717, 1.165) is 4.47 Å². The Morgan fingerprint density at radius 1 is 1.43 bits per heavy atom. The van der Waals surface area contributed by atoms with Crippen molar-refractivity contribution in [2.24, 2.45) is 0 Å². The number of halogens is 1. The lowest BCUT2D eigenvalue weighted by Gasteiger charge is -1.96. The van der Waals surface area contributed by atoms with Crippen LogP contribution in [0.2, 0.25) is 0 Å². The number of ketones is 1. The molecule has 0 saturated carbocycles. The van der Waals surface area contributed by atoms with Gasteiger partial charge in [-0.1, -0.05) is 0 Å². The maximum absolute atomic E-state index is 11.7. The van der Waals surface area contributed by atoms with Crippen molar-refractivity contribution in [3.05, 3.63) is 52.7 Å². The van der Waals surface area contributed by atoms with Crippen LogP contribution in [0.1, 0.15) is 16.1 Å². The first-order chi connectivity index (χ1) is 6.77. The molecule has 0 unspecified atom stereocenters. The molecule has 0 bridgehead atoms. The molecule has 0 atom stereocenters. The third-order valence-electron chi connectivity index (χ3n) is 1.71. The molecule has 70 valence electrons. The van der Waals surface area contributed by atoms with Crippen molar-refractivity contribution < 1.29 is 9.21 Å². The molecule has 0 fully saturated rings. The number of carbonyl (C=O) groups excluding carboxylic acids is 1. The summed E-state index contributed by atoms with van der Waals surface area (Å²) in [5.41, 5.74) is 0.509. The number of hydrogen-bond acceptors (Lipinski definition) is 3. The van der Waals surface area contributed by atoms with Crippen LogP contribution < -0.4 is 0 Å². The summed E-state index contributed by atoms with van der Waals surface area (Å²) in [6.45, 7) is 0. The van der Waals surface area contributed by atoms with Crippen molar-refractivity contribution in [3.63, 3.8) is 0 Å². The van der Waals surface area contributed by atoms with Crippen LogP contribution in [-0.2, 0) is 0 Å². The highest BCUT2D eigenvalue weighted by Gasteiger charge is 2.11. The van der Waals surface area contributed by atoms with E-state index in [1.165, 1.54) is 12.5 Å². The lowest BCUT2D eigenvalue weighted by atomic mass is 10.1. The van der Waals surface area contributed by atoms with Crippen molar-refractivity contribution in [3.8, 4) is 0 Å². The standard InChI is InChI=1S/C10H6BrNO2/c11-8-4-7(5-12-6-8)10(13)9-2-1-3-14-9/h1-6H. The number of furan rings is 1. The molecule has 2 heterocycles. The zero-order chi connectivity index (χ0) is 9.97. The highest BCUT2D eigenvalue weighted by Crippen LogP contribution is 2.13. The van der Waals surface area contributed by atoms with Crippen molar-refractivity contribution in [1.82, 2.24) is 4.98 Å². The van der Waals surface area contributed by atoms with Crippen molar-refractivity contribution in [1.29, 1.82) is 0 Å². The lowest BCUT2D eigenvalue weighted by Crippen LogP contribution is -1.99. The average Bonchev–Trinajstić information content (AvgIpc) is 2.69. The summed E-state index contributed by atoms with van der Waals surface area (Å²) < 4.78 is 5.77. The fourth-order valence-electron chi connectivity index (χ4n) is 1.09. The number of rotatable bonds is 2. The number of nitrogens with zero attached hydrogens (tertiary/aromatic N) is 1. The monoisotopic (exact) mass is 251 g/mol. The fourth-order valence-corrected chi connectivity index (χ4v) is 1.45. The molecule has 0 aliphatic heterocycles. The van der Waals surface area contributed by atoms with E-state index in [1.807, 2.05) is 0 Å². The second-order valence-electron chi connectivity index (χ2n) is 2.70. The Balaban J connectivity index is 2.37. The number of pyridine rings is 1. The Morgan fingerprint density at radius 2 is 2.29 bits per heavy atom. The van der Waals surface area contributed by atoms with Gasteiger partial charge in [0, 0.05) is 22.4 Å². The van der Waals surface area contributed by atoms with Gasteiger partial charge in [-0.3, -0.25) is 9.78 Å². The van der Waals surface area contributed by atoms with Crippen LogP contribution >= 0.6 is 15.9 Å². The molecule has 2 rings (SSSR count). The third kappa shape index (κ3) is 1.75. The maximum Gasteiger partial charge on any atom is 0.229 e. The maximum atomic E-state index is 11.7. The van der Waals surface area contributed by atoms with E-state index in [1.54, 1.807) is 24.4 Å². The molecule has 2 aromatic rings. The van der Waals surface area contributed by atoms with Gasteiger partial charge in [0.05, 0.1) is 6.26 Å². The van der Waals surface area contributed by atoms with Gasteiger partial charge >= 0.3 is 0 Å². The summed E-state index contributed by atoms with van der Waals surface area (Å²) in [6, 6.07) is 5.01. The summed E-state index contributed by atoms with van der Waals surface area (Å²) in [7, 11) is 0. The fraction of sp³-hybridized carbons (Fsp3) is 0. The van der Waals surface area contributed by atoms with E-state index in [2.05, 4.69) is 20.9 Å². The zero-order valence-electron chi connectivity index (χ0n) is 7.11. The van der Waals surface area contributed by atoms with Gasteiger partial charge in [0.25, 0.3) is 0 Å². The third-order valence-corrected chi connectivity index (χ3v) is 2.15. The minimum Gasteiger partial charge on any atom is -0.461 e. The van der Waals surface area contributed by atoms with Crippen LogP contribution in [0.4, 0.5) is 0 Å². The van der Waals surface area contributed by atoms with E-state index in [-0.39, 0.29) is 5.78 Å². The van der Waals surface area contributed by atoms with Crippen molar-refractivity contribution >= 4 is 21.7 Å². The highest BCUT2D eigenvalue weighted by molar-refractivity contribution is 9.10. The lowest BCUT2D eigenvalue weighted by molar-refractivity contribution is 0.101. The predicted molar refractivity (Wildman–Crippen MR) is 54.1 cm³/mol. The summed E-state index contributed by atoms with van der Waals surface area (Å²) in [4.78, 5) is 15.6. The number of aromatic nitrogens is 1. The van der Waals surface area contributed by atoms with Crippen LogP contribution in [0, 0.1) is 0 Å². The first kappa shape index (κ1) is 9.15. The van der Waals surface area contributed by atoms with E-state index >= 15 is 0 Å². The zero-order valence-corrected chi connectivity index (χ0v) is 8.69. The Labute approximate surface area is 88.9 Å². The van der Waals surface area contributed by atoms with Gasteiger partial charge in [-0.15, -0.1) is 0 Å². The van der Waals surface area contributed by atoms with Crippen LogP contribution in [0.5, 0.6) is 0 Å². The smallest absolute Gasteiger partial charge is 0.229 e. The molecule has 0 aliphatic rings. The SMILES string of the molecule is O=C(c1cncc(Br)c1)c1ccco1. The van der Waals surface area contributed by atoms with Crippen LogP contribution in [0.15, 0.2) is 45.7 Å². The van der Waals surface area contributed by atoms with Gasteiger partial charge in [-0.25, -0.2) is 0 Å². The molecule has 0 radical (unpaired) electrons. The van der Waals surface area contributed by atoms with Crippen molar-refractivity contribution in [2.75, 3.05) is 0 Å². The van der Waals surface area contributed by atoms with E-state index in [9.17, 15) is 4.79 Å². The molecule has 4 heteroatoms. The first-order valence-corrected chi connectivity index (χ1v) is 4.75. The topological polar surface area (TPSA) is 43.1 Å². The molecule has 0 saturated heterocycles. The summed E-state index contributed by atoms with van der Waals surface area (Å²) in [5, 5.41) is 0. The largest absolute Gasteiger partial charge is 0.461 e. The minimum absolute atomic E-state index is 0.163. The number of hydrogen-bond donors (Lipinski definition) is 0. The normalized spacial score (nSPS) is 10.1. The van der Waals surface area contributed by atoms with Gasteiger partial charge < -0.3 is 4.42 Å². The van der Waals surface area contributed by atoms with Crippen LogP contribution in [0.25, 0.3) is 0 Å². The van der Waals surface area contributed by atoms with Gasteiger partial charge in [0.1, 0.15) is 0 Å². The average molecular weight is 252 g/mol. The van der Waals surface area contributed by atoms with Crippen LogP contribution in [0.3, 0.4) is 0 Å². The summed E-state index contributed by atoms with van der Waals surface area (Å²) in [6.07, 6.45) is 4.60. The van der Waals surface area contributed by atoms with E-state index in [0.29, 0.717) is 11.3 Å². The number of carbonyl (C=O) groups is 1. The van der Waals surface area contributed by atoms with Gasteiger partial charge in [-0.2, -0.15) is 0 Å². The second kappa shape index (κ2) is 3.75. The van der Waals surface area contributed by atoms with Gasteiger partial charge in [0.2, 0.25) is 5.78 Å². The summed E-state index contributed by atoms with van der Waals surface area (Å²) >= 11 is 3.25. The van der Waals surface area contributed by atoms with E-state index in [4.69, 9.17) is 4.42 Å². The minimum atomic E-state index is -0.163. The quantitative estimate of drug-likeness (QED) is 0.771. The Morgan fingerprint density at radius 3 is 2.93 bits per heavy atom. The highest BCUT2D eigenvalue weighted by atomic mass is 79.9. The first-order valence-electron chi connectivity index (χ1n) is 3.96. The molecule has 14 heavy (non-hydrogen) atoms. The van der Waals surface area contributed by atoms with Crippen molar-refractivity contribution in [2.45, 2.75) is 0 Å².